The van der Waals surface area contributed by atoms with E-state index in [0.29, 0.717) is 38.3 Å². The van der Waals surface area contributed by atoms with E-state index in [1.165, 1.54) is 6.07 Å². The summed E-state index contributed by atoms with van der Waals surface area (Å²) in [5.74, 6) is -0.256. The second kappa shape index (κ2) is 10.5. The Labute approximate surface area is 210 Å². The van der Waals surface area contributed by atoms with Crippen molar-refractivity contribution in [2.45, 2.75) is 0 Å². The second-order valence-electron chi connectivity index (χ2n) is 7.07. The highest BCUT2D eigenvalue weighted by atomic mass is 35.5. The third-order valence-corrected chi connectivity index (χ3v) is 5.73. The monoisotopic (exact) mass is 509 g/mol. The predicted octanol–water partition coefficient (Wildman–Crippen LogP) is 6.63. The van der Waals surface area contributed by atoms with Gasteiger partial charge in [-0.05, 0) is 72.9 Å². The van der Waals surface area contributed by atoms with Gasteiger partial charge in [0.25, 0.3) is 11.8 Å². The molecule has 0 saturated heterocycles. The van der Waals surface area contributed by atoms with E-state index in [9.17, 15) is 9.59 Å². The van der Waals surface area contributed by atoms with Gasteiger partial charge in [0.15, 0.2) is 10.9 Å². The highest BCUT2D eigenvalue weighted by Gasteiger charge is 2.16. The van der Waals surface area contributed by atoms with Crippen LogP contribution in [-0.4, -0.2) is 16.9 Å². The van der Waals surface area contributed by atoms with E-state index in [1.807, 2.05) is 6.07 Å². The van der Waals surface area contributed by atoms with Crippen LogP contribution in [-0.2, 0) is 0 Å². The SMILES string of the molecule is O=C(Nc1ccc(NC(=S)NC(=O)c2ccc(-c3cccc(Cl)c3Cl)o2)cc1)c1ccccc1. The summed E-state index contributed by atoms with van der Waals surface area (Å²) < 4.78 is 5.62. The lowest BCUT2D eigenvalue weighted by Crippen LogP contribution is -2.33. The van der Waals surface area contributed by atoms with Crippen LogP contribution in [0, 0.1) is 0 Å². The van der Waals surface area contributed by atoms with Crippen LogP contribution in [0.3, 0.4) is 0 Å². The minimum absolute atomic E-state index is 0.0640. The van der Waals surface area contributed by atoms with Crippen molar-refractivity contribution in [2.24, 2.45) is 0 Å². The average Bonchev–Trinajstić information content (AvgIpc) is 3.33. The van der Waals surface area contributed by atoms with Gasteiger partial charge in [0.2, 0.25) is 0 Å². The van der Waals surface area contributed by atoms with Crippen LogP contribution in [0.1, 0.15) is 20.9 Å². The Bertz CT molecular complexity index is 1360. The first-order chi connectivity index (χ1) is 16.4. The molecule has 0 aliphatic rings. The maximum atomic E-state index is 12.5. The largest absolute Gasteiger partial charge is 0.451 e. The number of rotatable bonds is 5. The van der Waals surface area contributed by atoms with E-state index in [4.69, 9.17) is 39.8 Å². The molecule has 3 N–H and O–H groups in total. The number of hydrogen-bond donors (Lipinski definition) is 3. The number of benzene rings is 3. The lowest BCUT2D eigenvalue weighted by Gasteiger charge is -2.10. The van der Waals surface area contributed by atoms with Crippen LogP contribution >= 0.6 is 35.4 Å². The predicted molar refractivity (Wildman–Crippen MR) is 139 cm³/mol. The molecule has 0 unspecified atom stereocenters. The summed E-state index contributed by atoms with van der Waals surface area (Å²) in [5, 5.41) is 9.11. The zero-order valence-corrected chi connectivity index (χ0v) is 19.8. The van der Waals surface area contributed by atoms with Crippen molar-refractivity contribution in [3.05, 3.63) is 106 Å². The van der Waals surface area contributed by atoms with Crippen LogP contribution in [0.5, 0.6) is 0 Å². The van der Waals surface area contributed by atoms with Crippen molar-refractivity contribution >= 4 is 63.7 Å². The van der Waals surface area contributed by atoms with Crippen LogP contribution in [0.4, 0.5) is 11.4 Å². The Balaban J connectivity index is 1.34. The third kappa shape index (κ3) is 5.63. The van der Waals surface area contributed by atoms with E-state index in [2.05, 4.69) is 16.0 Å². The zero-order valence-electron chi connectivity index (χ0n) is 17.5. The van der Waals surface area contributed by atoms with Crippen molar-refractivity contribution in [3.8, 4) is 11.3 Å². The maximum Gasteiger partial charge on any atom is 0.293 e. The number of amides is 2. The molecule has 0 bridgehead atoms. The molecule has 9 heteroatoms. The molecular weight excluding hydrogens is 493 g/mol. The molecule has 0 atom stereocenters. The van der Waals surface area contributed by atoms with Crippen molar-refractivity contribution in [2.75, 3.05) is 10.6 Å². The summed E-state index contributed by atoms with van der Waals surface area (Å²) in [7, 11) is 0. The van der Waals surface area contributed by atoms with Gasteiger partial charge in [-0.15, -0.1) is 0 Å². The minimum Gasteiger partial charge on any atom is -0.451 e. The van der Waals surface area contributed by atoms with Gasteiger partial charge in [-0.25, -0.2) is 0 Å². The highest BCUT2D eigenvalue weighted by molar-refractivity contribution is 7.80. The van der Waals surface area contributed by atoms with E-state index in [1.54, 1.807) is 72.8 Å². The molecule has 4 rings (SSSR count). The number of halogens is 2. The second-order valence-corrected chi connectivity index (χ2v) is 8.26. The summed E-state index contributed by atoms with van der Waals surface area (Å²) >= 11 is 17.5. The first-order valence-electron chi connectivity index (χ1n) is 10.0. The normalized spacial score (nSPS) is 10.4. The smallest absolute Gasteiger partial charge is 0.293 e. The molecule has 0 spiro atoms. The van der Waals surface area contributed by atoms with Crippen molar-refractivity contribution in [3.63, 3.8) is 0 Å². The Morgan fingerprint density at radius 1 is 0.735 bits per heavy atom. The molecule has 6 nitrogen and oxygen atoms in total. The molecule has 0 saturated carbocycles. The molecule has 1 aromatic heterocycles. The molecule has 170 valence electrons. The summed E-state index contributed by atoms with van der Waals surface area (Å²) in [5.41, 5.74) is 2.40. The fourth-order valence-electron chi connectivity index (χ4n) is 3.06. The summed E-state index contributed by atoms with van der Waals surface area (Å²) in [4.78, 5) is 24.8. The number of hydrogen-bond acceptors (Lipinski definition) is 4. The van der Waals surface area contributed by atoms with Crippen molar-refractivity contribution in [1.82, 2.24) is 5.32 Å². The van der Waals surface area contributed by atoms with Crippen LogP contribution in [0.15, 0.2) is 89.3 Å². The van der Waals surface area contributed by atoms with E-state index in [0.717, 1.165) is 0 Å². The molecule has 0 aliphatic carbocycles. The first-order valence-corrected chi connectivity index (χ1v) is 11.2. The molecule has 34 heavy (non-hydrogen) atoms. The number of carbonyl (C=O) groups is 2. The average molecular weight is 510 g/mol. The Kier molecular flexibility index (Phi) is 7.27. The van der Waals surface area contributed by atoms with Gasteiger partial charge in [-0.1, -0.05) is 47.5 Å². The Hall–Kier alpha value is -3.65. The van der Waals surface area contributed by atoms with Gasteiger partial charge >= 0.3 is 0 Å². The molecule has 4 aromatic rings. The standard InChI is InChI=1S/C25H17Cl2N3O3S/c26-19-8-4-7-18(22(19)27)20-13-14-21(33-20)24(32)30-25(34)29-17-11-9-16(10-12-17)28-23(31)15-5-2-1-3-6-15/h1-14H,(H,28,31)(H2,29,30,32,34). The number of anilines is 2. The molecule has 0 radical (unpaired) electrons. The zero-order chi connectivity index (χ0) is 24.1. The molecule has 0 aliphatic heterocycles. The fraction of sp³-hybridized carbons (Fsp3) is 0. The van der Waals surface area contributed by atoms with Gasteiger partial charge in [0.1, 0.15) is 5.76 Å². The summed E-state index contributed by atoms with van der Waals surface area (Å²) in [6.07, 6.45) is 0. The fourth-order valence-corrected chi connectivity index (χ4v) is 3.66. The van der Waals surface area contributed by atoms with Gasteiger partial charge < -0.3 is 15.1 Å². The Morgan fingerprint density at radius 2 is 1.41 bits per heavy atom. The van der Waals surface area contributed by atoms with E-state index in [-0.39, 0.29) is 16.8 Å². The van der Waals surface area contributed by atoms with Crippen LogP contribution in [0.2, 0.25) is 10.0 Å². The number of thiocarbonyl (C=S) groups is 1. The van der Waals surface area contributed by atoms with Crippen molar-refractivity contribution in [1.29, 1.82) is 0 Å². The van der Waals surface area contributed by atoms with E-state index >= 15 is 0 Å². The lowest BCUT2D eigenvalue weighted by atomic mass is 10.2. The maximum absolute atomic E-state index is 12.5. The van der Waals surface area contributed by atoms with E-state index < -0.39 is 5.91 Å². The van der Waals surface area contributed by atoms with Gasteiger partial charge in [-0.3, -0.25) is 14.9 Å². The lowest BCUT2D eigenvalue weighted by molar-refractivity contribution is 0.0950. The van der Waals surface area contributed by atoms with Gasteiger partial charge in [0, 0.05) is 22.5 Å². The molecule has 2 amide bonds. The molecule has 3 aromatic carbocycles. The summed E-state index contributed by atoms with van der Waals surface area (Å²) in [6, 6.07) is 24.1. The summed E-state index contributed by atoms with van der Waals surface area (Å²) in [6.45, 7) is 0. The minimum atomic E-state index is -0.520. The number of carbonyl (C=O) groups excluding carboxylic acids is 2. The molecule has 1 heterocycles. The van der Waals surface area contributed by atoms with Gasteiger partial charge in [0.05, 0.1) is 10.0 Å². The Morgan fingerprint density at radius 3 is 2.12 bits per heavy atom. The number of furan rings is 1. The quantitative estimate of drug-likeness (QED) is 0.263. The first kappa shape index (κ1) is 23.5. The molecule has 0 fully saturated rings. The van der Waals surface area contributed by atoms with Crippen LogP contribution < -0.4 is 16.0 Å². The van der Waals surface area contributed by atoms with Crippen LogP contribution in [0.25, 0.3) is 11.3 Å². The van der Waals surface area contributed by atoms with Crippen molar-refractivity contribution < 1.29 is 14.0 Å². The third-order valence-electron chi connectivity index (χ3n) is 4.71. The number of nitrogens with one attached hydrogen (secondary N) is 3. The topological polar surface area (TPSA) is 83.4 Å². The van der Waals surface area contributed by atoms with Gasteiger partial charge in [-0.2, -0.15) is 0 Å². The molecular formula is C25H17Cl2N3O3S. The highest BCUT2D eigenvalue weighted by Crippen LogP contribution is 2.34.